The Morgan fingerprint density at radius 1 is 1.29 bits per heavy atom. The first-order valence-electron chi connectivity index (χ1n) is 7.30. The third-order valence-corrected chi connectivity index (χ3v) is 4.25. The molecule has 0 spiro atoms. The van der Waals surface area contributed by atoms with Crippen molar-refractivity contribution in [3.05, 3.63) is 59.2 Å². The fraction of sp³-hybridized carbons (Fsp3) is 0.158. The molecule has 4 nitrogen and oxygen atoms in total. The van der Waals surface area contributed by atoms with Crippen LogP contribution in [-0.2, 0) is 4.79 Å². The molecule has 0 unspecified atom stereocenters. The van der Waals surface area contributed by atoms with Crippen molar-refractivity contribution in [2.24, 2.45) is 0 Å². The number of rotatable bonds is 5. The maximum atomic E-state index is 12.3. The molecular weight excluding hydrogens is 320 g/mol. The first-order chi connectivity index (χ1) is 11.6. The van der Waals surface area contributed by atoms with Crippen LogP contribution in [-0.4, -0.2) is 19.3 Å². The summed E-state index contributed by atoms with van der Waals surface area (Å²) in [5, 5.41) is 12.1. The van der Waals surface area contributed by atoms with Gasteiger partial charge in [0, 0.05) is 10.6 Å². The summed E-state index contributed by atoms with van der Waals surface area (Å²) in [5.74, 6) is 0.285. The largest absolute Gasteiger partial charge is 0.496 e. The molecule has 1 amide bonds. The molecule has 2 aromatic carbocycles. The predicted octanol–water partition coefficient (Wildman–Crippen LogP) is 4.27. The lowest BCUT2D eigenvalue weighted by atomic mass is 10.1. The summed E-state index contributed by atoms with van der Waals surface area (Å²) in [6.45, 7) is 1.90. The van der Waals surface area contributed by atoms with E-state index in [-0.39, 0.29) is 5.57 Å². The number of ether oxygens (including phenoxy) is 1. The van der Waals surface area contributed by atoms with Crippen molar-refractivity contribution in [1.29, 1.82) is 5.26 Å². The molecule has 0 saturated heterocycles. The number of hydrogen-bond donors (Lipinski definition) is 1. The van der Waals surface area contributed by atoms with Gasteiger partial charge in [0.2, 0.25) is 0 Å². The zero-order valence-electron chi connectivity index (χ0n) is 13.8. The van der Waals surface area contributed by atoms with Gasteiger partial charge in [0.25, 0.3) is 5.91 Å². The standard InChI is InChI=1S/C19H18N2O2S/c1-13-6-4-5-7-16(13)21-19(22)15(12-20)10-14-8-9-18(24-3)17(11-14)23-2/h4-11H,1-3H3,(H,21,22)/b15-10-. The van der Waals surface area contributed by atoms with Crippen LogP contribution in [0.3, 0.4) is 0 Å². The Kier molecular flexibility index (Phi) is 6.05. The van der Waals surface area contributed by atoms with E-state index >= 15 is 0 Å². The van der Waals surface area contributed by atoms with Gasteiger partial charge in [-0.05, 0) is 48.6 Å². The summed E-state index contributed by atoms with van der Waals surface area (Å²) in [4.78, 5) is 13.3. The number of benzene rings is 2. The Hall–Kier alpha value is -2.71. The van der Waals surface area contributed by atoms with Crippen molar-refractivity contribution < 1.29 is 9.53 Å². The number of methoxy groups -OCH3 is 1. The molecule has 0 atom stereocenters. The summed E-state index contributed by atoms with van der Waals surface area (Å²) < 4.78 is 5.33. The number of nitriles is 1. The lowest BCUT2D eigenvalue weighted by molar-refractivity contribution is -0.112. The Balaban J connectivity index is 2.27. The number of hydrogen-bond acceptors (Lipinski definition) is 4. The second kappa shape index (κ2) is 8.23. The highest BCUT2D eigenvalue weighted by atomic mass is 32.2. The minimum atomic E-state index is -0.431. The van der Waals surface area contributed by atoms with Gasteiger partial charge in [-0.3, -0.25) is 4.79 Å². The third kappa shape index (κ3) is 4.18. The molecule has 0 aliphatic rings. The van der Waals surface area contributed by atoms with Gasteiger partial charge >= 0.3 is 0 Å². The number of para-hydroxylation sites is 1. The smallest absolute Gasteiger partial charge is 0.266 e. The van der Waals surface area contributed by atoms with Crippen LogP contribution >= 0.6 is 11.8 Å². The number of thioether (sulfide) groups is 1. The maximum absolute atomic E-state index is 12.3. The summed E-state index contributed by atoms with van der Waals surface area (Å²) in [6, 6.07) is 15.0. The van der Waals surface area contributed by atoms with E-state index in [2.05, 4.69) is 5.32 Å². The average molecular weight is 338 g/mol. The number of carbonyl (C=O) groups is 1. The van der Waals surface area contributed by atoms with Gasteiger partial charge in [0.05, 0.1) is 7.11 Å². The molecular formula is C19H18N2O2S. The zero-order valence-corrected chi connectivity index (χ0v) is 14.6. The Labute approximate surface area is 146 Å². The van der Waals surface area contributed by atoms with Crippen molar-refractivity contribution in [2.75, 3.05) is 18.7 Å². The van der Waals surface area contributed by atoms with Crippen molar-refractivity contribution >= 4 is 29.4 Å². The van der Waals surface area contributed by atoms with Crippen LogP contribution in [0.1, 0.15) is 11.1 Å². The van der Waals surface area contributed by atoms with Gasteiger partial charge in [0.1, 0.15) is 17.4 Å². The molecule has 0 bridgehead atoms. The number of nitrogens with zero attached hydrogens (tertiary/aromatic N) is 1. The van der Waals surface area contributed by atoms with E-state index in [1.54, 1.807) is 31.0 Å². The number of aryl methyl sites for hydroxylation is 1. The maximum Gasteiger partial charge on any atom is 0.266 e. The van der Waals surface area contributed by atoms with Crippen LogP contribution in [0.15, 0.2) is 52.9 Å². The van der Waals surface area contributed by atoms with E-state index in [1.165, 1.54) is 0 Å². The van der Waals surface area contributed by atoms with Crippen LogP contribution < -0.4 is 10.1 Å². The molecule has 24 heavy (non-hydrogen) atoms. The molecule has 0 heterocycles. The topological polar surface area (TPSA) is 62.1 Å². The number of anilines is 1. The normalized spacial score (nSPS) is 10.8. The lowest BCUT2D eigenvalue weighted by Crippen LogP contribution is -2.14. The van der Waals surface area contributed by atoms with E-state index in [0.29, 0.717) is 11.4 Å². The first-order valence-corrected chi connectivity index (χ1v) is 8.52. The highest BCUT2D eigenvalue weighted by Gasteiger charge is 2.11. The predicted molar refractivity (Wildman–Crippen MR) is 98.2 cm³/mol. The molecule has 5 heteroatoms. The quantitative estimate of drug-likeness (QED) is 0.502. The highest BCUT2D eigenvalue weighted by Crippen LogP contribution is 2.29. The van der Waals surface area contributed by atoms with Crippen LogP contribution in [0, 0.1) is 18.3 Å². The molecule has 0 fully saturated rings. The second-order valence-corrected chi connectivity index (χ2v) is 5.90. The van der Waals surface area contributed by atoms with Crippen LogP contribution in [0.5, 0.6) is 5.75 Å². The van der Waals surface area contributed by atoms with Crippen LogP contribution in [0.4, 0.5) is 5.69 Å². The number of amides is 1. The lowest BCUT2D eigenvalue weighted by Gasteiger charge is -2.08. The molecule has 2 rings (SSSR count). The van der Waals surface area contributed by atoms with Gasteiger partial charge in [-0.2, -0.15) is 5.26 Å². The van der Waals surface area contributed by atoms with Crippen LogP contribution in [0.2, 0.25) is 0 Å². The van der Waals surface area contributed by atoms with E-state index in [9.17, 15) is 10.1 Å². The van der Waals surface area contributed by atoms with Crippen molar-refractivity contribution in [2.45, 2.75) is 11.8 Å². The number of carbonyl (C=O) groups excluding carboxylic acids is 1. The van der Waals surface area contributed by atoms with Gasteiger partial charge < -0.3 is 10.1 Å². The Morgan fingerprint density at radius 3 is 2.67 bits per heavy atom. The van der Waals surface area contributed by atoms with Gasteiger partial charge in [-0.25, -0.2) is 0 Å². The van der Waals surface area contributed by atoms with E-state index in [0.717, 1.165) is 16.0 Å². The minimum absolute atomic E-state index is 0.0391. The van der Waals surface area contributed by atoms with E-state index < -0.39 is 5.91 Å². The monoisotopic (exact) mass is 338 g/mol. The molecule has 0 aliphatic heterocycles. The Morgan fingerprint density at radius 2 is 2.04 bits per heavy atom. The van der Waals surface area contributed by atoms with Crippen LogP contribution in [0.25, 0.3) is 6.08 Å². The molecule has 0 aliphatic carbocycles. The van der Waals surface area contributed by atoms with E-state index in [1.807, 2.05) is 55.6 Å². The summed E-state index contributed by atoms with van der Waals surface area (Å²) >= 11 is 1.57. The van der Waals surface area contributed by atoms with E-state index in [4.69, 9.17) is 4.74 Å². The SMILES string of the molecule is COc1cc(/C=C(/C#N)C(=O)Nc2ccccc2C)ccc1SC. The molecule has 2 aromatic rings. The third-order valence-electron chi connectivity index (χ3n) is 3.48. The first kappa shape index (κ1) is 17.6. The van der Waals surface area contributed by atoms with Gasteiger partial charge in [-0.15, -0.1) is 11.8 Å². The fourth-order valence-corrected chi connectivity index (χ4v) is 2.71. The number of nitrogens with one attached hydrogen (secondary N) is 1. The molecule has 0 aromatic heterocycles. The van der Waals surface area contributed by atoms with Crippen molar-refractivity contribution in [3.8, 4) is 11.8 Å². The van der Waals surface area contributed by atoms with Crippen molar-refractivity contribution in [1.82, 2.24) is 0 Å². The molecule has 0 radical (unpaired) electrons. The molecule has 1 N–H and O–H groups in total. The fourth-order valence-electron chi connectivity index (χ4n) is 2.16. The van der Waals surface area contributed by atoms with Crippen molar-refractivity contribution in [3.63, 3.8) is 0 Å². The minimum Gasteiger partial charge on any atom is -0.496 e. The molecule has 0 saturated carbocycles. The Bertz CT molecular complexity index is 822. The summed E-state index contributed by atoms with van der Waals surface area (Å²) in [5.41, 5.74) is 2.41. The van der Waals surface area contributed by atoms with Gasteiger partial charge in [-0.1, -0.05) is 24.3 Å². The van der Waals surface area contributed by atoms with Gasteiger partial charge in [0.15, 0.2) is 0 Å². The average Bonchev–Trinajstić information content (AvgIpc) is 2.61. The molecule has 122 valence electrons. The summed E-state index contributed by atoms with van der Waals surface area (Å²) in [7, 11) is 1.60. The summed E-state index contributed by atoms with van der Waals surface area (Å²) in [6.07, 6.45) is 3.52. The second-order valence-electron chi connectivity index (χ2n) is 5.05. The highest BCUT2D eigenvalue weighted by molar-refractivity contribution is 7.98. The zero-order chi connectivity index (χ0) is 17.5.